The number of methoxy groups -OCH3 is 1. The maximum absolute atomic E-state index is 13.0. The number of likely N-dealkylation sites (tertiary alicyclic amines) is 1. The lowest BCUT2D eigenvalue weighted by Gasteiger charge is -2.32. The molecule has 0 spiro atoms. The van der Waals surface area contributed by atoms with Crippen molar-refractivity contribution in [3.05, 3.63) is 59.7 Å². The Morgan fingerprint density at radius 1 is 1.06 bits per heavy atom. The Bertz CT molecular complexity index is 906. The molecule has 1 heterocycles. The van der Waals surface area contributed by atoms with Crippen LogP contribution in [0.5, 0.6) is 11.5 Å². The van der Waals surface area contributed by atoms with E-state index in [9.17, 15) is 9.59 Å². The maximum Gasteiger partial charge on any atom is 0.253 e. The minimum absolute atomic E-state index is 0.0177. The molecule has 0 aromatic heterocycles. The Morgan fingerprint density at radius 3 is 2.45 bits per heavy atom. The van der Waals surface area contributed by atoms with Crippen molar-refractivity contribution in [3.63, 3.8) is 0 Å². The highest BCUT2D eigenvalue weighted by atomic mass is 16.5. The highest BCUT2D eigenvalue weighted by Crippen LogP contribution is 2.29. The molecule has 1 aliphatic heterocycles. The molecule has 2 aromatic rings. The Kier molecular flexibility index (Phi) is 9.16. The Morgan fingerprint density at radius 2 is 1.79 bits per heavy atom. The summed E-state index contributed by atoms with van der Waals surface area (Å²) >= 11 is 0. The molecule has 6 nitrogen and oxygen atoms in total. The van der Waals surface area contributed by atoms with Gasteiger partial charge in [0, 0.05) is 31.1 Å². The van der Waals surface area contributed by atoms with Crippen LogP contribution in [0.25, 0.3) is 0 Å². The SMILES string of the molecule is COc1cc(C(=O)N2CCC(NC(=O)CCc3ccccc3)CC2)ccc1OCCC(C)C. The second-order valence-electron chi connectivity index (χ2n) is 9.02. The summed E-state index contributed by atoms with van der Waals surface area (Å²) < 4.78 is 11.3. The van der Waals surface area contributed by atoms with Crippen LogP contribution in [0.4, 0.5) is 0 Å². The van der Waals surface area contributed by atoms with Crippen LogP contribution in [-0.2, 0) is 11.2 Å². The molecule has 0 atom stereocenters. The number of piperidine rings is 1. The average Bonchev–Trinajstić information content (AvgIpc) is 2.83. The van der Waals surface area contributed by atoms with Gasteiger partial charge in [-0.25, -0.2) is 0 Å². The fourth-order valence-electron chi connectivity index (χ4n) is 3.94. The van der Waals surface area contributed by atoms with Gasteiger partial charge in [-0.3, -0.25) is 9.59 Å². The van der Waals surface area contributed by atoms with Gasteiger partial charge < -0.3 is 19.7 Å². The Labute approximate surface area is 197 Å². The Balaban J connectivity index is 1.46. The molecule has 0 saturated carbocycles. The standard InChI is InChI=1S/C27H36N2O4/c1-20(2)15-18-33-24-11-10-22(19-25(24)32-3)27(31)29-16-13-23(14-17-29)28-26(30)12-9-21-7-5-4-6-8-21/h4-8,10-11,19-20,23H,9,12-18H2,1-3H3,(H,28,30). The molecule has 1 fully saturated rings. The first-order valence-corrected chi connectivity index (χ1v) is 11.9. The monoisotopic (exact) mass is 452 g/mol. The third-order valence-electron chi connectivity index (χ3n) is 5.99. The number of carbonyl (C=O) groups is 2. The van der Waals surface area contributed by atoms with E-state index in [0.29, 0.717) is 49.1 Å². The lowest BCUT2D eigenvalue weighted by molar-refractivity contribution is -0.122. The number of hydrogen-bond donors (Lipinski definition) is 1. The van der Waals surface area contributed by atoms with Crippen LogP contribution in [0.1, 0.15) is 55.5 Å². The minimum Gasteiger partial charge on any atom is -0.493 e. The van der Waals surface area contributed by atoms with Gasteiger partial charge in [0.2, 0.25) is 5.91 Å². The van der Waals surface area contributed by atoms with E-state index in [-0.39, 0.29) is 17.9 Å². The summed E-state index contributed by atoms with van der Waals surface area (Å²) in [5, 5.41) is 3.13. The van der Waals surface area contributed by atoms with Gasteiger partial charge in [-0.05, 0) is 55.4 Å². The van der Waals surface area contributed by atoms with Gasteiger partial charge in [-0.1, -0.05) is 44.2 Å². The van der Waals surface area contributed by atoms with Crippen molar-refractivity contribution in [1.29, 1.82) is 0 Å². The smallest absolute Gasteiger partial charge is 0.253 e. The molecule has 0 aliphatic carbocycles. The predicted molar refractivity (Wildman–Crippen MR) is 130 cm³/mol. The van der Waals surface area contributed by atoms with Crippen molar-refractivity contribution in [2.24, 2.45) is 5.92 Å². The van der Waals surface area contributed by atoms with E-state index in [1.54, 1.807) is 19.2 Å². The van der Waals surface area contributed by atoms with Gasteiger partial charge in [0.15, 0.2) is 11.5 Å². The van der Waals surface area contributed by atoms with Gasteiger partial charge in [-0.15, -0.1) is 0 Å². The van der Waals surface area contributed by atoms with Crippen molar-refractivity contribution < 1.29 is 19.1 Å². The van der Waals surface area contributed by atoms with Crippen LogP contribution in [0.3, 0.4) is 0 Å². The molecule has 0 radical (unpaired) electrons. The zero-order chi connectivity index (χ0) is 23.6. The first-order chi connectivity index (χ1) is 16.0. The van der Waals surface area contributed by atoms with Gasteiger partial charge in [-0.2, -0.15) is 0 Å². The second-order valence-corrected chi connectivity index (χ2v) is 9.02. The zero-order valence-corrected chi connectivity index (χ0v) is 20.0. The molecule has 2 aromatic carbocycles. The topological polar surface area (TPSA) is 67.9 Å². The van der Waals surface area contributed by atoms with E-state index in [1.165, 1.54) is 5.56 Å². The van der Waals surface area contributed by atoms with Crippen LogP contribution in [0, 0.1) is 5.92 Å². The van der Waals surface area contributed by atoms with Crippen molar-refractivity contribution in [1.82, 2.24) is 10.2 Å². The number of nitrogens with one attached hydrogen (secondary N) is 1. The number of carbonyl (C=O) groups excluding carboxylic acids is 2. The summed E-state index contributed by atoms with van der Waals surface area (Å²) in [6.45, 7) is 6.17. The van der Waals surface area contributed by atoms with Crippen LogP contribution in [-0.4, -0.2) is 49.6 Å². The van der Waals surface area contributed by atoms with Gasteiger partial charge in [0.05, 0.1) is 13.7 Å². The molecular formula is C27H36N2O4. The van der Waals surface area contributed by atoms with Crippen LogP contribution in [0.15, 0.2) is 48.5 Å². The van der Waals surface area contributed by atoms with Crippen LogP contribution in [0.2, 0.25) is 0 Å². The molecular weight excluding hydrogens is 416 g/mol. The molecule has 2 amide bonds. The summed E-state index contributed by atoms with van der Waals surface area (Å²) in [6, 6.07) is 15.5. The van der Waals surface area contributed by atoms with E-state index < -0.39 is 0 Å². The number of hydrogen-bond acceptors (Lipinski definition) is 4. The minimum atomic E-state index is -0.0177. The first kappa shape index (κ1) is 24.6. The third kappa shape index (κ3) is 7.52. The second kappa shape index (κ2) is 12.3. The number of ether oxygens (including phenoxy) is 2. The molecule has 1 aliphatic rings. The number of benzene rings is 2. The molecule has 178 valence electrons. The number of aryl methyl sites for hydroxylation is 1. The van der Waals surface area contributed by atoms with E-state index >= 15 is 0 Å². The largest absolute Gasteiger partial charge is 0.493 e. The van der Waals surface area contributed by atoms with Gasteiger partial charge in [0.1, 0.15) is 0 Å². The van der Waals surface area contributed by atoms with E-state index in [1.807, 2.05) is 41.3 Å². The highest BCUT2D eigenvalue weighted by molar-refractivity contribution is 5.95. The normalized spacial score (nSPS) is 14.2. The van der Waals surface area contributed by atoms with Crippen molar-refractivity contribution in [2.75, 3.05) is 26.8 Å². The van der Waals surface area contributed by atoms with Crippen LogP contribution >= 0.6 is 0 Å². The lowest BCUT2D eigenvalue weighted by atomic mass is 10.0. The maximum atomic E-state index is 13.0. The van der Waals surface area contributed by atoms with E-state index in [4.69, 9.17) is 9.47 Å². The first-order valence-electron chi connectivity index (χ1n) is 11.9. The number of rotatable bonds is 10. The summed E-state index contributed by atoms with van der Waals surface area (Å²) in [7, 11) is 1.59. The lowest BCUT2D eigenvalue weighted by Crippen LogP contribution is -2.46. The molecule has 0 unspecified atom stereocenters. The van der Waals surface area contributed by atoms with Gasteiger partial charge in [0.25, 0.3) is 5.91 Å². The van der Waals surface area contributed by atoms with Crippen molar-refractivity contribution in [3.8, 4) is 11.5 Å². The molecule has 33 heavy (non-hydrogen) atoms. The number of amides is 2. The fraction of sp³-hybridized carbons (Fsp3) is 0.481. The summed E-state index contributed by atoms with van der Waals surface area (Å²) in [4.78, 5) is 27.2. The summed E-state index contributed by atoms with van der Waals surface area (Å²) in [5.74, 6) is 1.85. The molecule has 1 saturated heterocycles. The zero-order valence-electron chi connectivity index (χ0n) is 20.0. The summed E-state index contributed by atoms with van der Waals surface area (Å²) in [6.07, 6.45) is 3.70. The predicted octanol–water partition coefficient (Wildman–Crippen LogP) is 4.47. The van der Waals surface area contributed by atoms with Crippen molar-refractivity contribution in [2.45, 2.75) is 52.0 Å². The fourth-order valence-corrected chi connectivity index (χ4v) is 3.94. The highest BCUT2D eigenvalue weighted by Gasteiger charge is 2.25. The van der Waals surface area contributed by atoms with Crippen molar-refractivity contribution >= 4 is 11.8 Å². The molecule has 3 rings (SSSR count). The molecule has 1 N–H and O–H groups in total. The molecule has 0 bridgehead atoms. The number of nitrogens with zero attached hydrogens (tertiary/aromatic N) is 1. The Hall–Kier alpha value is -3.02. The molecule has 6 heteroatoms. The average molecular weight is 453 g/mol. The van der Waals surface area contributed by atoms with E-state index in [0.717, 1.165) is 25.7 Å². The van der Waals surface area contributed by atoms with Crippen LogP contribution < -0.4 is 14.8 Å². The van der Waals surface area contributed by atoms with E-state index in [2.05, 4.69) is 19.2 Å². The quantitative estimate of drug-likeness (QED) is 0.577. The van der Waals surface area contributed by atoms with Gasteiger partial charge >= 0.3 is 0 Å². The third-order valence-corrected chi connectivity index (χ3v) is 5.99. The summed E-state index contributed by atoms with van der Waals surface area (Å²) in [5.41, 5.74) is 1.76.